The summed E-state index contributed by atoms with van der Waals surface area (Å²) in [6.07, 6.45) is 7.86. The maximum atomic E-state index is 11.4. The highest BCUT2D eigenvalue weighted by Gasteiger charge is 2.30. The largest absolute Gasteiger partial charge is 0.478 e. The molecule has 30 heavy (non-hydrogen) atoms. The van der Waals surface area contributed by atoms with Crippen molar-refractivity contribution in [1.82, 2.24) is 0 Å². The molecule has 1 unspecified atom stereocenters. The molecule has 1 aliphatic carbocycles. The summed E-state index contributed by atoms with van der Waals surface area (Å²) in [7, 11) is 0. The van der Waals surface area contributed by atoms with Gasteiger partial charge in [-0.25, -0.2) is 4.79 Å². The minimum atomic E-state index is -0.877. The highest BCUT2D eigenvalue weighted by Crippen LogP contribution is 2.43. The van der Waals surface area contributed by atoms with Gasteiger partial charge in [0.15, 0.2) is 0 Å². The molecule has 1 atom stereocenters. The van der Waals surface area contributed by atoms with Crippen LogP contribution in [0.2, 0.25) is 0 Å². The summed E-state index contributed by atoms with van der Waals surface area (Å²) in [4.78, 5) is 11.4. The first-order valence-electron chi connectivity index (χ1n) is 11.1. The zero-order valence-electron chi connectivity index (χ0n) is 18.7. The van der Waals surface area contributed by atoms with Crippen LogP contribution in [0.15, 0.2) is 71.8 Å². The van der Waals surface area contributed by atoms with Crippen molar-refractivity contribution in [3.8, 4) is 0 Å². The lowest BCUT2D eigenvalue weighted by Gasteiger charge is -2.37. The maximum absolute atomic E-state index is 11.4. The van der Waals surface area contributed by atoms with Gasteiger partial charge in [0, 0.05) is 0 Å². The van der Waals surface area contributed by atoms with Crippen LogP contribution in [-0.4, -0.2) is 11.1 Å². The van der Waals surface area contributed by atoms with Crippen LogP contribution >= 0.6 is 0 Å². The first-order valence-corrected chi connectivity index (χ1v) is 11.1. The number of carbonyl (C=O) groups is 1. The molecular weight excluding hydrogens is 368 g/mol. The summed E-state index contributed by atoms with van der Waals surface area (Å²) in [6.45, 7) is 9.37. The molecule has 0 fully saturated rings. The fourth-order valence-corrected chi connectivity index (χ4v) is 4.36. The predicted molar refractivity (Wildman–Crippen MR) is 126 cm³/mol. The molecule has 0 aromatic heterocycles. The minimum absolute atomic E-state index is 0.345. The number of hydrogen-bond acceptors (Lipinski definition) is 1. The molecule has 1 aliphatic rings. The molecule has 1 N–H and O–H groups in total. The predicted octanol–water partition coefficient (Wildman–Crippen LogP) is 7.56. The molecule has 3 rings (SSSR count). The molecule has 0 saturated carbocycles. The molecule has 0 amide bonds. The van der Waals surface area contributed by atoms with Gasteiger partial charge in [-0.1, -0.05) is 81.3 Å². The van der Waals surface area contributed by atoms with E-state index in [1.54, 1.807) is 12.1 Å². The summed E-state index contributed by atoms with van der Waals surface area (Å²) < 4.78 is 0. The standard InChI is InChI=1S/C28H34O2/c1-5-28(3,4)26-15-14-20(2)24(19-26)18-25(22-11-7-6-8-12-22)17-21-10-9-13-23(16-21)27(29)30/h6-13,16,18,26H,5,14-15,17,19H2,1-4H3,(H,29,30)/b25-18+. The van der Waals surface area contributed by atoms with E-state index in [1.165, 1.54) is 35.1 Å². The molecular formula is C28H34O2. The SMILES string of the molecule is CCC(C)(C)C1CCC(C)=C(/C=C(\Cc2cccc(C(=O)O)c2)c2ccccc2)C1. The van der Waals surface area contributed by atoms with E-state index in [-0.39, 0.29) is 0 Å². The summed E-state index contributed by atoms with van der Waals surface area (Å²) in [6, 6.07) is 17.8. The van der Waals surface area contributed by atoms with Gasteiger partial charge in [-0.15, -0.1) is 0 Å². The quantitative estimate of drug-likeness (QED) is 0.519. The first kappa shape index (κ1) is 22.1. The van der Waals surface area contributed by atoms with Crippen molar-refractivity contribution in [2.24, 2.45) is 11.3 Å². The van der Waals surface area contributed by atoms with Gasteiger partial charge >= 0.3 is 5.97 Å². The van der Waals surface area contributed by atoms with Crippen molar-refractivity contribution >= 4 is 11.5 Å². The number of aromatic carboxylic acids is 1. The average molecular weight is 403 g/mol. The van der Waals surface area contributed by atoms with E-state index < -0.39 is 5.97 Å². The normalized spacial score (nSPS) is 17.9. The lowest BCUT2D eigenvalue weighted by Crippen LogP contribution is -2.26. The Hall–Kier alpha value is -2.61. The Balaban J connectivity index is 1.97. The van der Waals surface area contributed by atoms with Crippen LogP contribution in [0.1, 0.15) is 74.9 Å². The van der Waals surface area contributed by atoms with E-state index >= 15 is 0 Å². The topological polar surface area (TPSA) is 37.3 Å². The molecule has 0 bridgehead atoms. The Morgan fingerprint density at radius 1 is 1.10 bits per heavy atom. The van der Waals surface area contributed by atoms with Gasteiger partial charge in [0.2, 0.25) is 0 Å². The van der Waals surface area contributed by atoms with Crippen LogP contribution in [-0.2, 0) is 6.42 Å². The van der Waals surface area contributed by atoms with Gasteiger partial charge in [-0.05, 0) is 78.3 Å². The van der Waals surface area contributed by atoms with E-state index in [1.807, 2.05) is 18.2 Å². The Morgan fingerprint density at radius 3 is 2.47 bits per heavy atom. The molecule has 158 valence electrons. The number of carboxylic acid groups (broad SMARTS) is 1. The number of allylic oxidation sites excluding steroid dienone is 4. The fourth-order valence-electron chi connectivity index (χ4n) is 4.36. The molecule has 2 aromatic carbocycles. The number of benzene rings is 2. The van der Waals surface area contributed by atoms with Crippen LogP contribution < -0.4 is 0 Å². The molecule has 2 aromatic rings. The first-order chi connectivity index (χ1) is 14.3. The summed E-state index contributed by atoms with van der Waals surface area (Å²) in [5.74, 6) is -0.178. The third-order valence-electron chi connectivity index (χ3n) is 6.96. The Bertz CT molecular complexity index is 948. The zero-order chi connectivity index (χ0) is 21.7. The van der Waals surface area contributed by atoms with Crippen molar-refractivity contribution in [1.29, 1.82) is 0 Å². The number of hydrogen-bond donors (Lipinski definition) is 1. The van der Waals surface area contributed by atoms with Crippen molar-refractivity contribution in [3.05, 3.63) is 88.5 Å². The average Bonchev–Trinajstić information content (AvgIpc) is 2.75. The fraction of sp³-hybridized carbons (Fsp3) is 0.393. The highest BCUT2D eigenvalue weighted by atomic mass is 16.4. The van der Waals surface area contributed by atoms with Gasteiger partial charge in [0.25, 0.3) is 0 Å². The number of carboxylic acids is 1. The molecule has 0 saturated heterocycles. The second-order valence-electron chi connectivity index (χ2n) is 9.31. The third-order valence-corrected chi connectivity index (χ3v) is 6.96. The molecule has 2 nitrogen and oxygen atoms in total. The van der Waals surface area contributed by atoms with Crippen molar-refractivity contribution in [2.75, 3.05) is 0 Å². The smallest absolute Gasteiger partial charge is 0.335 e. The Kier molecular flexibility index (Phi) is 6.97. The van der Waals surface area contributed by atoms with E-state index in [0.29, 0.717) is 16.9 Å². The van der Waals surface area contributed by atoms with E-state index in [4.69, 9.17) is 0 Å². The minimum Gasteiger partial charge on any atom is -0.478 e. The van der Waals surface area contributed by atoms with Gasteiger partial charge in [-0.3, -0.25) is 0 Å². The monoisotopic (exact) mass is 402 g/mol. The van der Waals surface area contributed by atoms with E-state index in [9.17, 15) is 9.90 Å². The van der Waals surface area contributed by atoms with Crippen LogP contribution in [0.25, 0.3) is 5.57 Å². The molecule has 0 aliphatic heterocycles. The number of rotatable bonds is 7. The summed E-state index contributed by atoms with van der Waals surface area (Å²) >= 11 is 0. The van der Waals surface area contributed by atoms with Gasteiger partial charge in [-0.2, -0.15) is 0 Å². The van der Waals surface area contributed by atoms with Gasteiger partial charge in [0.05, 0.1) is 5.56 Å². The van der Waals surface area contributed by atoms with Crippen LogP contribution in [0.4, 0.5) is 0 Å². The van der Waals surface area contributed by atoms with Gasteiger partial charge < -0.3 is 5.11 Å². The van der Waals surface area contributed by atoms with Crippen LogP contribution in [0, 0.1) is 11.3 Å². The summed E-state index contributed by atoms with van der Waals surface area (Å²) in [5.41, 5.74) is 7.13. The van der Waals surface area contributed by atoms with Crippen molar-refractivity contribution in [3.63, 3.8) is 0 Å². The van der Waals surface area contributed by atoms with Gasteiger partial charge in [0.1, 0.15) is 0 Å². The second kappa shape index (κ2) is 9.47. The maximum Gasteiger partial charge on any atom is 0.335 e. The second-order valence-corrected chi connectivity index (χ2v) is 9.31. The lowest BCUT2D eigenvalue weighted by molar-refractivity contribution is 0.0696. The molecule has 0 heterocycles. The van der Waals surface area contributed by atoms with E-state index in [0.717, 1.165) is 24.8 Å². The lowest BCUT2D eigenvalue weighted by atomic mass is 9.68. The van der Waals surface area contributed by atoms with Crippen LogP contribution in [0.5, 0.6) is 0 Å². The summed E-state index contributed by atoms with van der Waals surface area (Å²) in [5, 5.41) is 9.36. The van der Waals surface area contributed by atoms with E-state index in [2.05, 4.69) is 58.0 Å². The molecule has 0 radical (unpaired) electrons. The zero-order valence-corrected chi connectivity index (χ0v) is 18.7. The van der Waals surface area contributed by atoms with Crippen molar-refractivity contribution in [2.45, 2.75) is 59.8 Å². The third kappa shape index (κ3) is 5.30. The highest BCUT2D eigenvalue weighted by molar-refractivity contribution is 5.88. The Labute approximate surface area is 181 Å². The van der Waals surface area contributed by atoms with Crippen molar-refractivity contribution < 1.29 is 9.90 Å². The molecule has 2 heteroatoms. The molecule has 0 spiro atoms. The Morgan fingerprint density at radius 2 is 1.80 bits per heavy atom. The van der Waals surface area contributed by atoms with Crippen LogP contribution in [0.3, 0.4) is 0 Å².